The highest BCUT2D eigenvalue weighted by molar-refractivity contribution is 5.74. The normalized spacial score (nSPS) is 17.7. The van der Waals surface area contributed by atoms with Crippen LogP contribution in [-0.2, 0) is 6.54 Å². The molecule has 4 heterocycles. The number of carbonyl (C=O) groups excluding carboxylic acids is 1. The van der Waals surface area contributed by atoms with Gasteiger partial charge in [-0.15, -0.1) is 5.10 Å². The van der Waals surface area contributed by atoms with Crippen molar-refractivity contribution < 1.29 is 18.3 Å². The number of hydrogen-bond donors (Lipinski definition) is 1. The molecule has 1 fully saturated rings. The number of aromatic nitrogens is 3. The minimum atomic E-state index is -0.466. The number of fused-ring (bicyclic) bond motifs is 2. The van der Waals surface area contributed by atoms with Crippen molar-refractivity contribution in [1.82, 2.24) is 19.9 Å². The molecular formula is C24H19F2N5O2. The molecule has 0 radical (unpaired) electrons. The molecule has 33 heavy (non-hydrogen) atoms. The standard InChI is InChI=1S/C24H19F2N5O2/c25-16-4-5-18(26)17(11-16)19-2-1-9-30(19)23-8-7-22-27-13-20(31(22)29-23)14-3-6-21-15(10-14)12-28-24(32)33-21/h3-8,10-11,13,19H,1-2,9,12H2,(H,28,32). The third-order valence-corrected chi connectivity index (χ3v) is 6.19. The Kier molecular flexibility index (Phi) is 4.49. The van der Waals surface area contributed by atoms with Crippen molar-refractivity contribution in [2.75, 3.05) is 11.4 Å². The molecule has 0 bridgehead atoms. The van der Waals surface area contributed by atoms with E-state index >= 15 is 0 Å². The maximum Gasteiger partial charge on any atom is 0.412 e. The van der Waals surface area contributed by atoms with Crippen molar-refractivity contribution in [3.05, 3.63) is 77.5 Å². The second-order valence-electron chi connectivity index (χ2n) is 8.19. The highest BCUT2D eigenvalue weighted by Crippen LogP contribution is 2.37. The van der Waals surface area contributed by atoms with Crippen molar-refractivity contribution in [2.24, 2.45) is 0 Å². The van der Waals surface area contributed by atoms with E-state index in [1.165, 1.54) is 12.1 Å². The number of benzene rings is 2. The summed E-state index contributed by atoms with van der Waals surface area (Å²) >= 11 is 0. The van der Waals surface area contributed by atoms with Gasteiger partial charge in [0.05, 0.1) is 17.9 Å². The Labute approximate surface area is 187 Å². The van der Waals surface area contributed by atoms with Crippen molar-refractivity contribution in [3.8, 4) is 17.0 Å². The lowest BCUT2D eigenvalue weighted by Gasteiger charge is -2.26. The first kappa shape index (κ1) is 19.7. The summed E-state index contributed by atoms with van der Waals surface area (Å²) in [5, 5.41) is 7.47. The van der Waals surface area contributed by atoms with E-state index < -0.39 is 17.7 Å². The molecule has 1 unspecified atom stereocenters. The molecule has 0 aliphatic carbocycles. The van der Waals surface area contributed by atoms with Crippen LogP contribution in [0.5, 0.6) is 5.75 Å². The maximum atomic E-state index is 14.5. The Morgan fingerprint density at radius 1 is 1.09 bits per heavy atom. The molecule has 166 valence electrons. The fourth-order valence-corrected chi connectivity index (χ4v) is 4.63. The molecule has 1 N–H and O–H groups in total. The summed E-state index contributed by atoms with van der Waals surface area (Å²) in [7, 11) is 0. The van der Waals surface area contributed by atoms with Gasteiger partial charge in [-0.05, 0) is 61.4 Å². The van der Waals surface area contributed by atoms with Crippen molar-refractivity contribution in [3.63, 3.8) is 0 Å². The van der Waals surface area contributed by atoms with E-state index in [0.717, 1.165) is 29.3 Å². The second kappa shape index (κ2) is 7.54. The van der Waals surface area contributed by atoms with E-state index in [-0.39, 0.29) is 6.04 Å². The molecule has 2 aromatic carbocycles. The van der Waals surface area contributed by atoms with Crippen molar-refractivity contribution in [1.29, 1.82) is 0 Å². The Hall–Kier alpha value is -4.01. The summed E-state index contributed by atoms with van der Waals surface area (Å²) in [6.07, 6.45) is 2.84. The molecule has 4 aromatic rings. The zero-order chi connectivity index (χ0) is 22.5. The lowest BCUT2D eigenvalue weighted by atomic mass is 10.0. The SMILES string of the molecule is O=C1NCc2cc(-c3cnc4ccc(N5CCCC5c5cc(F)ccc5F)nn34)ccc2O1. The van der Waals surface area contributed by atoms with Crippen LogP contribution in [0.3, 0.4) is 0 Å². The summed E-state index contributed by atoms with van der Waals surface area (Å²) in [5.41, 5.74) is 3.53. The summed E-state index contributed by atoms with van der Waals surface area (Å²) < 4.78 is 35.3. The first-order valence-electron chi connectivity index (χ1n) is 10.7. The zero-order valence-corrected chi connectivity index (χ0v) is 17.5. The molecule has 2 aromatic heterocycles. The smallest absolute Gasteiger partial charge is 0.410 e. The van der Waals surface area contributed by atoms with Gasteiger partial charge < -0.3 is 15.0 Å². The predicted molar refractivity (Wildman–Crippen MR) is 117 cm³/mol. The van der Waals surface area contributed by atoms with Crippen LogP contribution in [0.25, 0.3) is 16.9 Å². The number of rotatable bonds is 3. The monoisotopic (exact) mass is 447 g/mol. The quantitative estimate of drug-likeness (QED) is 0.496. The van der Waals surface area contributed by atoms with Crippen LogP contribution < -0.4 is 15.0 Å². The van der Waals surface area contributed by atoms with Gasteiger partial charge in [-0.1, -0.05) is 0 Å². The predicted octanol–water partition coefficient (Wildman–Crippen LogP) is 4.62. The Balaban J connectivity index is 1.39. The number of amides is 1. The molecule has 1 saturated heterocycles. The number of anilines is 1. The molecule has 2 aliphatic rings. The van der Waals surface area contributed by atoms with Crippen molar-refractivity contribution >= 4 is 17.6 Å². The average molecular weight is 447 g/mol. The summed E-state index contributed by atoms with van der Waals surface area (Å²) in [5.74, 6) is 0.329. The second-order valence-corrected chi connectivity index (χ2v) is 8.19. The molecule has 6 rings (SSSR count). The van der Waals surface area contributed by atoms with Crippen LogP contribution in [0.15, 0.2) is 54.7 Å². The minimum absolute atomic E-state index is 0.290. The fourth-order valence-electron chi connectivity index (χ4n) is 4.63. The fraction of sp³-hybridized carbons (Fsp3) is 0.208. The molecular weight excluding hydrogens is 428 g/mol. The molecule has 9 heteroatoms. The highest BCUT2D eigenvalue weighted by Gasteiger charge is 2.30. The van der Waals surface area contributed by atoms with Gasteiger partial charge in [0.2, 0.25) is 0 Å². The average Bonchev–Trinajstić information content (AvgIpc) is 3.47. The van der Waals surface area contributed by atoms with E-state index in [4.69, 9.17) is 9.84 Å². The van der Waals surface area contributed by atoms with Gasteiger partial charge >= 0.3 is 6.09 Å². The van der Waals surface area contributed by atoms with Crippen LogP contribution in [0.2, 0.25) is 0 Å². The number of nitrogens with zero attached hydrogens (tertiary/aromatic N) is 4. The topological polar surface area (TPSA) is 71.8 Å². The molecule has 0 spiro atoms. The number of carbonyl (C=O) groups is 1. The van der Waals surface area contributed by atoms with Crippen LogP contribution in [0.4, 0.5) is 19.4 Å². The van der Waals surface area contributed by atoms with Gasteiger partial charge in [0.25, 0.3) is 0 Å². The maximum absolute atomic E-state index is 14.5. The Morgan fingerprint density at radius 2 is 2.00 bits per heavy atom. The van der Waals surface area contributed by atoms with Gasteiger partial charge in [-0.25, -0.2) is 23.1 Å². The number of ether oxygens (including phenoxy) is 1. The zero-order valence-electron chi connectivity index (χ0n) is 17.5. The highest BCUT2D eigenvalue weighted by atomic mass is 19.1. The lowest BCUT2D eigenvalue weighted by Crippen LogP contribution is -2.31. The molecule has 1 atom stereocenters. The van der Waals surface area contributed by atoms with Crippen LogP contribution in [0, 0.1) is 11.6 Å². The van der Waals surface area contributed by atoms with E-state index in [9.17, 15) is 13.6 Å². The Morgan fingerprint density at radius 3 is 2.91 bits per heavy atom. The van der Waals surface area contributed by atoms with Crippen LogP contribution in [-0.4, -0.2) is 27.2 Å². The lowest BCUT2D eigenvalue weighted by molar-refractivity contribution is 0.194. The molecule has 0 saturated carbocycles. The van der Waals surface area contributed by atoms with Gasteiger partial charge in [-0.3, -0.25) is 0 Å². The summed E-state index contributed by atoms with van der Waals surface area (Å²) in [6.45, 7) is 1.07. The minimum Gasteiger partial charge on any atom is -0.410 e. The van der Waals surface area contributed by atoms with E-state index in [0.29, 0.717) is 42.3 Å². The number of nitrogens with one attached hydrogen (secondary N) is 1. The largest absolute Gasteiger partial charge is 0.412 e. The van der Waals surface area contributed by atoms with Gasteiger partial charge in [0, 0.05) is 29.8 Å². The third-order valence-electron chi connectivity index (χ3n) is 6.19. The third kappa shape index (κ3) is 3.36. The van der Waals surface area contributed by atoms with E-state index in [1.54, 1.807) is 16.8 Å². The molecule has 1 amide bonds. The molecule has 7 nitrogen and oxygen atoms in total. The van der Waals surface area contributed by atoms with Gasteiger partial charge in [0.15, 0.2) is 5.65 Å². The first-order chi connectivity index (χ1) is 16.1. The van der Waals surface area contributed by atoms with Gasteiger partial charge in [0.1, 0.15) is 23.2 Å². The summed E-state index contributed by atoms with van der Waals surface area (Å²) in [6, 6.07) is 12.6. The summed E-state index contributed by atoms with van der Waals surface area (Å²) in [4.78, 5) is 17.9. The van der Waals surface area contributed by atoms with Gasteiger partial charge in [-0.2, -0.15) is 0 Å². The number of imidazole rings is 1. The first-order valence-corrected chi connectivity index (χ1v) is 10.7. The van der Waals surface area contributed by atoms with E-state index in [2.05, 4.69) is 10.3 Å². The van der Waals surface area contributed by atoms with Crippen LogP contribution in [0.1, 0.15) is 30.0 Å². The Bertz CT molecular complexity index is 1400. The van der Waals surface area contributed by atoms with Crippen molar-refractivity contribution in [2.45, 2.75) is 25.4 Å². The molecule has 2 aliphatic heterocycles. The van der Waals surface area contributed by atoms with E-state index in [1.807, 2.05) is 29.2 Å². The number of hydrogen-bond acceptors (Lipinski definition) is 5. The van der Waals surface area contributed by atoms with Crippen LogP contribution >= 0.6 is 0 Å². The number of halogens is 2.